The van der Waals surface area contributed by atoms with E-state index in [0.29, 0.717) is 13.0 Å². The van der Waals surface area contributed by atoms with Crippen LogP contribution in [0, 0.1) is 5.92 Å². The van der Waals surface area contributed by atoms with Crippen LogP contribution in [0.2, 0.25) is 0 Å². The lowest BCUT2D eigenvalue weighted by molar-refractivity contribution is -0.127. The van der Waals surface area contributed by atoms with Gasteiger partial charge in [0.25, 0.3) is 5.56 Å². The normalized spacial score (nSPS) is 23.1. The number of furan rings is 1. The lowest BCUT2D eigenvalue weighted by atomic mass is 9.78. The van der Waals surface area contributed by atoms with E-state index in [-0.39, 0.29) is 23.3 Å². The Balaban J connectivity index is 1.38. The molecule has 0 unspecified atom stereocenters. The molecule has 2 aliphatic heterocycles. The number of nitrogens with one attached hydrogen (secondary N) is 1. The molecule has 0 spiro atoms. The van der Waals surface area contributed by atoms with E-state index in [1.807, 2.05) is 23.7 Å². The van der Waals surface area contributed by atoms with Crippen molar-refractivity contribution in [3.8, 4) is 0 Å². The van der Waals surface area contributed by atoms with Crippen LogP contribution in [0.4, 0.5) is 0 Å². The first kappa shape index (κ1) is 19.3. The van der Waals surface area contributed by atoms with Crippen molar-refractivity contribution in [1.29, 1.82) is 0 Å². The second kappa shape index (κ2) is 8.20. The Labute approximate surface area is 178 Å². The van der Waals surface area contributed by atoms with Gasteiger partial charge in [-0.3, -0.25) is 19.1 Å². The molecular weight excluding hydrogens is 400 g/mol. The van der Waals surface area contributed by atoms with E-state index in [1.54, 1.807) is 34.3 Å². The van der Waals surface area contributed by atoms with Gasteiger partial charge in [-0.15, -0.1) is 11.3 Å². The van der Waals surface area contributed by atoms with Crippen LogP contribution < -0.4 is 10.9 Å². The number of rotatable bonds is 6. The number of piperidine rings is 1. The van der Waals surface area contributed by atoms with Crippen LogP contribution >= 0.6 is 11.3 Å². The fraction of sp³-hybridized carbons (Fsp3) is 0.409. The summed E-state index contributed by atoms with van der Waals surface area (Å²) in [6.45, 7) is 2.92. The predicted molar refractivity (Wildman–Crippen MR) is 113 cm³/mol. The number of hydrogen-bond donors (Lipinski definition) is 1. The van der Waals surface area contributed by atoms with Gasteiger partial charge in [-0.25, -0.2) is 4.98 Å². The van der Waals surface area contributed by atoms with Crippen LogP contribution in [-0.2, 0) is 17.8 Å². The maximum Gasteiger partial charge on any atom is 0.251 e. The fourth-order valence-corrected chi connectivity index (χ4v) is 5.46. The summed E-state index contributed by atoms with van der Waals surface area (Å²) in [6, 6.07) is 8.61. The molecule has 156 valence electrons. The lowest BCUT2D eigenvalue weighted by Crippen LogP contribution is -2.53. The molecule has 2 aliphatic rings. The van der Waals surface area contributed by atoms with E-state index in [9.17, 15) is 9.59 Å². The SMILES string of the molecule is O=C(NCCc1ccco1)[C@H]1[C@H]2C[C@H](CN(Cc3cscn3)C2)c2cccc(=O)n21. The molecule has 3 aromatic rings. The molecule has 5 heterocycles. The summed E-state index contributed by atoms with van der Waals surface area (Å²) in [6.07, 6.45) is 3.19. The van der Waals surface area contributed by atoms with Crippen LogP contribution in [0.1, 0.15) is 35.5 Å². The zero-order chi connectivity index (χ0) is 20.5. The topological polar surface area (TPSA) is 80.4 Å². The quantitative estimate of drug-likeness (QED) is 0.657. The lowest BCUT2D eigenvalue weighted by Gasteiger charge is -2.46. The van der Waals surface area contributed by atoms with Crippen molar-refractivity contribution in [3.05, 3.63) is 75.0 Å². The van der Waals surface area contributed by atoms with Crippen molar-refractivity contribution < 1.29 is 9.21 Å². The molecule has 3 aromatic heterocycles. The molecule has 2 bridgehead atoms. The molecule has 1 amide bonds. The Morgan fingerprint density at radius 1 is 1.27 bits per heavy atom. The second-order valence-electron chi connectivity index (χ2n) is 8.09. The predicted octanol–water partition coefficient (Wildman–Crippen LogP) is 2.42. The Morgan fingerprint density at radius 3 is 3.00 bits per heavy atom. The van der Waals surface area contributed by atoms with Gasteiger partial charge in [0.05, 0.1) is 17.5 Å². The van der Waals surface area contributed by atoms with Crippen LogP contribution in [-0.4, -0.2) is 40.0 Å². The van der Waals surface area contributed by atoms with Crippen LogP contribution in [0.3, 0.4) is 0 Å². The van der Waals surface area contributed by atoms with Crippen molar-refractivity contribution in [2.45, 2.75) is 31.3 Å². The minimum absolute atomic E-state index is 0.0879. The summed E-state index contributed by atoms with van der Waals surface area (Å²) in [5, 5.41) is 5.11. The number of pyridine rings is 1. The van der Waals surface area contributed by atoms with Gasteiger partial charge in [-0.05, 0) is 24.6 Å². The molecule has 0 aromatic carbocycles. The van der Waals surface area contributed by atoms with Crippen molar-refractivity contribution >= 4 is 17.2 Å². The summed E-state index contributed by atoms with van der Waals surface area (Å²) in [5.74, 6) is 1.10. The molecule has 0 radical (unpaired) electrons. The van der Waals surface area contributed by atoms with Gasteiger partial charge in [0, 0.05) is 61.6 Å². The zero-order valence-electron chi connectivity index (χ0n) is 16.6. The monoisotopic (exact) mass is 424 g/mol. The standard InChI is InChI=1S/C22H24N4O3S/c27-20-5-1-4-19-15-9-16(11-25(10-15)12-17-13-30-14-24-17)21(26(19)20)22(28)23-7-6-18-3-2-8-29-18/h1-5,8,13-16,21H,6-7,9-12H2,(H,23,28)/t15-,16+,21-/m1/s1. The molecule has 5 rings (SSSR count). The van der Waals surface area contributed by atoms with E-state index in [2.05, 4.69) is 20.6 Å². The number of carbonyl (C=O) groups is 1. The highest BCUT2D eigenvalue weighted by Crippen LogP contribution is 2.41. The minimum atomic E-state index is -0.486. The van der Waals surface area contributed by atoms with Crippen molar-refractivity contribution in [1.82, 2.24) is 19.8 Å². The average Bonchev–Trinajstić information content (AvgIpc) is 3.43. The second-order valence-corrected chi connectivity index (χ2v) is 8.81. The maximum absolute atomic E-state index is 13.2. The molecular formula is C22H24N4O3S. The average molecular weight is 425 g/mol. The number of amides is 1. The smallest absolute Gasteiger partial charge is 0.251 e. The molecule has 0 aliphatic carbocycles. The van der Waals surface area contributed by atoms with Gasteiger partial charge in [-0.2, -0.15) is 0 Å². The highest BCUT2D eigenvalue weighted by atomic mass is 32.1. The third-order valence-corrected chi connectivity index (χ3v) is 6.75. The van der Waals surface area contributed by atoms with Crippen LogP contribution in [0.15, 0.2) is 56.7 Å². The van der Waals surface area contributed by atoms with E-state index < -0.39 is 6.04 Å². The van der Waals surface area contributed by atoms with Gasteiger partial charge in [-0.1, -0.05) is 6.07 Å². The molecule has 8 heteroatoms. The van der Waals surface area contributed by atoms with E-state index in [4.69, 9.17) is 4.42 Å². The minimum Gasteiger partial charge on any atom is -0.469 e. The van der Waals surface area contributed by atoms with E-state index >= 15 is 0 Å². The van der Waals surface area contributed by atoms with Gasteiger partial charge in [0.2, 0.25) is 5.91 Å². The first-order chi connectivity index (χ1) is 14.7. The third kappa shape index (κ3) is 3.73. The summed E-state index contributed by atoms with van der Waals surface area (Å²) in [7, 11) is 0. The molecule has 1 saturated heterocycles. The van der Waals surface area contributed by atoms with Gasteiger partial charge < -0.3 is 9.73 Å². The van der Waals surface area contributed by atoms with Crippen LogP contribution in [0.5, 0.6) is 0 Å². The first-order valence-electron chi connectivity index (χ1n) is 10.3. The number of nitrogens with zero attached hydrogens (tertiary/aromatic N) is 3. The van der Waals surface area contributed by atoms with E-state index in [0.717, 1.165) is 43.2 Å². The Morgan fingerprint density at radius 2 is 2.20 bits per heavy atom. The van der Waals surface area contributed by atoms with E-state index in [1.165, 1.54) is 0 Å². The summed E-state index contributed by atoms with van der Waals surface area (Å²) >= 11 is 1.60. The van der Waals surface area contributed by atoms with Crippen molar-refractivity contribution in [3.63, 3.8) is 0 Å². The number of fused-ring (bicyclic) bond motifs is 4. The molecule has 3 atom stereocenters. The van der Waals surface area contributed by atoms with Gasteiger partial charge in [0.1, 0.15) is 11.8 Å². The Bertz CT molecular complexity index is 1060. The van der Waals surface area contributed by atoms with Gasteiger partial charge >= 0.3 is 0 Å². The number of hydrogen-bond acceptors (Lipinski definition) is 6. The Hall–Kier alpha value is -2.71. The number of carbonyl (C=O) groups excluding carboxylic acids is 1. The summed E-state index contributed by atoms with van der Waals surface area (Å²) in [5.41, 5.74) is 3.78. The Kier molecular flexibility index (Phi) is 5.26. The van der Waals surface area contributed by atoms with Crippen molar-refractivity contribution in [2.75, 3.05) is 19.6 Å². The zero-order valence-corrected chi connectivity index (χ0v) is 17.4. The number of aromatic nitrogens is 2. The highest BCUT2D eigenvalue weighted by molar-refractivity contribution is 7.07. The summed E-state index contributed by atoms with van der Waals surface area (Å²) in [4.78, 5) is 32.8. The summed E-state index contributed by atoms with van der Waals surface area (Å²) < 4.78 is 7.08. The molecule has 30 heavy (non-hydrogen) atoms. The highest BCUT2D eigenvalue weighted by Gasteiger charge is 2.43. The van der Waals surface area contributed by atoms with Gasteiger partial charge in [0.15, 0.2) is 0 Å². The fourth-order valence-electron chi connectivity index (χ4n) is 4.91. The van der Waals surface area contributed by atoms with Crippen molar-refractivity contribution in [2.24, 2.45) is 5.92 Å². The molecule has 1 N–H and O–H groups in total. The third-order valence-electron chi connectivity index (χ3n) is 6.11. The molecule has 1 fully saturated rings. The molecule has 0 saturated carbocycles. The maximum atomic E-state index is 13.2. The largest absolute Gasteiger partial charge is 0.469 e. The number of likely N-dealkylation sites (tertiary alicyclic amines) is 1. The van der Waals surface area contributed by atoms with Crippen LogP contribution in [0.25, 0.3) is 0 Å². The molecule has 7 nitrogen and oxygen atoms in total. The number of thiazole rings is 1. The first-order valence-corrected chi connectivity index (χ1v) is 11.2.